The number of nitrogens with two attached hydrogens (primary N) is 1. The lowest BCUT2D eigenvalue weighted by Gasteiger charge is -2.32. The van der Waals surface area contributed by atoms with Gasteiger partial charge in [0.2, 0.25) is 10.0 Å². The second-order valence-electron chi connectivity index (χ2n) is 6.17. The Morgan fingerprint density at radius 3 is 2.58 bits per heavy atom. The molecule has 0 aliphatic carbocycles. The summed E-state index contributed by atoms with van der Waals surface area (Å²) in [6.07, 6.45) is 1.72. The van der Waals surface area contributed by atoms with E-state index in [1.54, 1.807) is 23.1 Å². The number of piperidine rings is 1. The van der Waals surface area contributed by atoms with Crippen molar-refractivity contribution >= 4 is 15.9 Å². The van der Waals surface area contributed by atoms with Gasteiger partial charge in [0.1, 0.15) is 0 Å². The molecule has 8 heteroatoms. The van der Waals surface area contributed by atoms with Crippen molar-refractivity contribution < 1.29 is 17.9 Å². The number of ether oxygens (including phenoxy) is 1. The minimum atomic E-state index is -3.72. The minimum absolute atomic E-state index is 0.0503. The number of carbonyl (C=O) groups excluding carboxylic acids is 1. The largest absolute Gasteiger partial charge is 0.379 e. The van der Waals surface area contributed by atoms with Crippen molar-refractivity contribution in [1.29, 1.82) is 0 Å². The molecule has 1 unspecified atom stereocenters. The number of nitrogens with zero attached hydrogens (tertiary/aromatic N) is 2. The highest BCUT2D eigenvalue weighted by Crippen LogP contribution is 2.23. The van der Waals surface area contributed by atoms with Crippen LogP contribution in [0.25, 0.3) is 0 Å². The van der Waals surface area contributed by atoms with Crippen LogP contribution < -0.4 is 5.73 Å². The SMILES string of the molecule is NC1CCCN(C(=O)c2ccccc2S(=O)(=O)N2CCOCC2)C1. The molecule has 2 heterocycles. The van der Waals surface area contributed by atoms with Crippen molar-refractivity contribution in [2.24, 2.45) is 5.73 Å². The fourth-order valence-corrected chi connectivity index (χ4v) is 4.75. The number of hydrogen-bond acceptors (Lipinski definition) is 5. The number of sulfonamides is 1. The second kappa shape index (κ2) is 7.18. The van der Waals surface area contributed by atoms with Crippen LogP contribution in [0.2, 0.25) is 0 Å². The van der Waals surface area contributed by atoms with Gasteiger partial charge in [0.15, 0.2) is 0 Å². The van der Waals surface area contributed by atoms with E-state index in [1.807, 2.05) is 0 Å². The number of benzene rings is 1. The predicted molar refractivity (Wildman–Crippen MR) is 89.1 cm³/mol. The molecule has 1 aromatic rings. The Morgan fingerprint density at radius 1 is 1.17 bits per heavy atom. The van der Waals surface area contributed by atoms with Crippen LogP contribution in [-0.2, 0) is 14.8 Å². The summed E-state index contributed by atoms with van der Waals surface area (Å²) in [5, 5.41) is 0. The summed E-state index contributed by atoms with van der Waals surface area (Å²) in [5.41, 5.74) is 6.17. The van der Waals surface area contributed by atoms with Crippen LogP contribution >= 0.6 is 0 Å². The van der Waals surface area contributed by atoms with Gasteiger partial charge in [0, 0.05) is 32.2 Å². The van der Waals surface area contributed by atoms with E-state index >= 15 is 0 Å². The molecule has 132 valence electrons. The number of carbonyl (C=O) groups is 1. The first-order valence-corrected chi connectivity index (χ1v) is 9.66. The molecule has 0 spiro atoms. The third-order valence-electron chi connectivity index (χ3n) is 4.45. The fraction of sp³-hybridized carbons (Fsp3) is 0.562. The topological polar surface area (TPSA) is 92.9 Å². The van der Waals surface area contributed by atoms with Crippen LogP contribution in [0.5, 0.6) is 0 Å². The first kappa shape index (κ1) is 17.3. The van der Waals surface area contributed by atoms with Gasteiger partial charge in [-0.1, -0.05) is 12.1 Å². The molecule has 0 aromatic heterocycles. The van der Waals surface area contributed by atoms with Gasteiger partial charge in [-0.25, -0.2) is 8.42 Å². The molecule has 2 aliphatic rings. The van der Waals surface area contributed by atoms with Crippen LogP contribution in [0.1, 0.15) is 23.2 Å². The molecular weight excluding hydrogens is 330 g/mol. The summed E-state index contributed by atoms with van der Waals surface area (Å²) in [7, 11) is -3.72. The van der Waals surface area contributed by atoms with E-state index in [9.17, 15) is 13.2 Å². The molecular formula is C16H23N3O4S. The van der Waals surface area contributed by atoms with E-state index in [4.69, 9.17) is 10.5 Å². The van der Waals surface area contributed by atoms with Crippen LogP contribution in [0.15, 0.2) is 29.2 Å². The third kappa shape index (κ3) is 3.46. The highest BCUT2D eigenvalue weighted by molar-refractivity contribution is 7.89. The maximum absolute atomic E-state index is 12.9. The maximum Gasteiger partial charge on any atom is 0.255 e. The Kier molecular flexibility index (Phi) is 5.19. The summed E-state index contributed by atoms with van der Waals surface area (Å²) in [4.78, 5) is 14.6. The van der Waals surface area contributed by atoms with E-state index in [0.717, 1.165) is 12.8 Å². The molecule has 7 nitrogen and oxygen atoms in total. The Labute approximate surface area is 142 Å². The predicted octanol–water partition coefficient (Wildman–Crippen LogP) is 0.271. The van der Waals surface area contributed by atoms with Gasteiger partial charge in [-0.15, -0.1) is 0 Å². The van der Waals surface area contributed by atoms with Crippen molar-refractivity contribution in [2.45, 2.75) is 23.8 Å². The van der Waals surface area contributed by atoms with Crippen LogP contribution in [-0.4, -0.2) is 69.0 Å². The van der Waals surface area contributed by atoms with Gasteiger partial charge in [-0.05, 0) is 25.0 Å². The highest BCUT2D eigenvalue weighted by Gasteiger charge is 2.32. The Bertz CT molecular complexity index is 701. The van der Waals surface area contributed by atoms with Crippen LogP contribution in [0.4, 0.5) is 0 Å². The summed E-state index contributed by atoms with van der Waals surface area (Å²) >= 11 is 0. The molecule has 2 saturated heterocycles. The Balaban J connectivity index is 1.91. The van der Waals surface area contributed by atoms with Gasteiger partial charge < -0.3 is 15.4 Å². The van der Waals surface area contributed by atoms with E-state index in [0.29, 0.717) is 39.4 Å². The van der Waals surface area contributed by atoms with Crippen molar-refractivity contribution in [3.8, 4) is 0 Å². The Hall–Kier alpha value is -1.48. The minimum Gasteiger partial charge on any atom is -0.379 e. The Morgan fingerprint density at radius 2 is 1.88 bits per heavy atom. The lowest BCUT2D eigenvalue weighted by molar-refractivity contribution is 0.0699. The number of likely N-dealkylation sites (tertiary alicyclic amines) is 1. The zero-order chi connectivity index (χ0) is 17.2. The van der Waals surface area contributed by atoms with E-state index in [-0.39, 0.29) is 22.4 Å². The van der Waals surface area contributed by atoms with Crippen molar-refractivity contribution in [3.05, 3.63) is 29.8 Å². The molecule has 2 aliphatic heterocycles. The summed E-state index contributed by atoms with van der Waals surface area (Å²) in [5.74, 6) is -0.266. The smallest absolute Gasteiger partial charge is 0.255 e. The monoisotopic (exact) mass is 353 g/mol. The van der Waals surface area contributed by atoms with Gasteiger partial charge in [-0.2, -0.15) is 4.31 Å². The van der Waals surface area contributed by atoms with Gasteiger partial charge in [-0.3, -0.25) is 4.79 Å². The summed E-state index contributed by atoms with van der Waals surface area (Å²) in [6, 6.07) is 6.37. The molecule has 24 heavy (non-hydrogen) atoms. The third-order valence-corrected chi connectivity index (χ3v) is 6.41. The fourth-order valence-electron chi connectivity index (χ4n) is 3.16. The van der Waals surface area contributed by atoms with Crippen molar-refractivity contribution in [2.75, 3.05) is 39.4 Å². The van der Waals surface area contributed by atoms with E-state index in [2.05, 4.69) is 0 Å². The number of hydrogen-bond donors (Lipinski definition) is 1. The quantitative estimate of drug-likeness (QED) is 0.842. The van der Waals surface area contributed by atoms with Crippen molar-refractivity contribution in [1.82, 2.24) is 9.21 Å². The lowest BCUT2D eigenvalue weighted by Crippen LogP contribution is -2.46. The average molecular weight is 353 g/mol. The number of rotatable bonds is 3. The highest BCUT2D eigenvalue weighted by atomic mass is 32.2. The molecule has 2 fully saturated rings. The zero-order valence-electron chi connectivity index (χ0n) is 13.6. The van der Waals surface area contributed by atoms with Gasteiger partial charge >= 0.3 is 0 Å². The molecule has 1 atom stereocenters. The molecule has 0 bridgehead atoms. The average Bonchev–Trinajstić information content (AvgIpc) is 2.62. The van der Waals surface area contributed by atoms with Crippen LogP contribution in [0, 0.1) is 0 Å². The summed E-state index contributed by atoms with van der Waals surface area (Å²) < 4.78 is 32.5. The molecule has 1 amide bonds. The molecule has 2 N–H and O–H groups in total. The first-order valence-electron chi connectivity index (χ1n) is 8.22. The molecule has 1 aromatic carbocycles. The standard InChI is InChI=1S/C16H23N3O4S/c17-13-4-3-7-18(12-13)16(20)14-5-1-2-6-15(14)24(21,22)19-8-10-23-11-9-19/h1-2,5-6,13H,3-4,7-12,17H2. The number of morpholine rings is 1. The second-order valence-corrected chi connectivity index (χ2v) is 8.07. The first-order chi connectivity index (χ1) is 11.5. The normalized spacial score (nSPS) is 23.2. The molecule has 0 saturated carbocycles. The zero-order valence-corrected chi connectivity index (χ0v) is 14.4. The summed E-state index contributed by atoms with van der Waals surface area (Å²) in [6.45, 7) is 2.43. The number of amides is 1. The van der Waals surface area contributed by atoms with Gasteiger partial charge in [0.05, 0.1) is 23.7 Å². The molecule has 3 rings (SSSR count). The van der Waals surface area contributed by atoms with E-state index in [1.165, 1.54) is 10.4 Å². The van der Waals surface area contributed by atoms with Gasteiger partial charge in [0.25, 0.3) is 5.91 Å². The lowest BCUT2D eigenvalue weighted by atomic mass is 10.1. The van der Waals surface area contributed by atoms with Crippen molar-refractivity contribution in [3.63, 3.8) is 0 Å². The van der Waals surface area contributed by atoms with E-state index < -0.39 is 10.0 Å². The molecule has 0 radical (unpaired) electrons. The van der Waals surface area contributed by atoms with Crippen LogP contribution in [0.3, 0.4) is 0 Å². The maximum atomic E-state index is 12.9.